The molecule has 1 aliphatic rings. The molecule has 2 N–H and O–H groups in total. The van der Waals surface area contributed by atoms with Crippen LogP contribution in [0, 0.1) is 12.8 Å². The van der Waals surface area contributed by atoms with Crippen LogP contribution < -0.4 is 5.73 Å². The number of aryl methyl sites for hydroxylation is 1. The average Bonchev–Trinajstić information content (AvgIpc) is 2.41. The summed E-state index contributed by atoms with van der Waals surface area (Å²) in [5.74, 6) is 0.819. The highest BCUT2D eigenvalue weighted by Gasteiger charge is 2.24. The molecule has 3 heteroatoms. The maximum atomic E-state index is 12.3. The number of likely N-dealkylation sites (tertiary alicyclic amines) is 1. The molecule has 0 spiro atoms. The highest BCUT2D eigenvalue weighted by atomic mass is 16.2. The Kier molecular flexibility index (Phi) is 4.59. The van der Waals surface area contributed by atoms with Crippen LogP contribution in [-0.2, 0) is 11.2 Å². The van der Waals surface area contributed by atoms with E-state index in [1.807, 2.05) is 23.1 Å². The Labute approximate surface area is 115 Å². The second-order valence-corrected chi connectivity index (χ2v) is 5.68. The molecule has 0 aromatic heterocycles. The van der Waals surface area contributed by atoms with Crippen molar-refractivity contribution in [3.05, 3.63) is 35.4 Å². The normalized spacial score (nSPS) is 18.4. The first-order chi connectivity index (χ1) is 9.08. The lowest BCUT2D eigenvalue weighted by atomic mass is 9.90. The third-order valence-corrected chi connectivity index (χ3v) is 4.24. The predicted molar refractivity (Wildman–Crippen MR) is 77.8 cm³/mol. The summed E-state index contributed by atoms with van der Waals surface area (Å²) in [6.45, 7) is 5.84. The summed E-state index contributed by atoms with van der Waals surface area (Å²) in [6.07, 6.45) is 2.60. The topological polar surface area (TPSA) is 46.3 Å². The Morgan fingerprint density at radius 2 is 2.00 bits per heavy atom. The van der Waals surface area contributed by atoms with Crippen molar-refractivity contribution in [2.24, 2.45) is 11.7 Å². The smallest absolute Gasteiger partial charge is 0.226 e. The fourth-order valence-corrected chi connectivity index (χ4v) is 2.76. The fraction of sp³-hybridized carbons (Fsp3) is 0.562. The van der Waals surface area contributed by atoms with E-state index in [0.29, 0.717) is 12.3 Å². The number of nitrogens with two attached hydrogens (primary N) is 1. The summed E-state index contributed by atoms with van der Waals surface area (Å²) in [4.78, 5) is 14.3. The van der Waals surface area contributed by atoms with Crippen molar-refractivity contribution in [2.45, 2.75) is 39.2 Å². The molecule has 0 aliphatic carbocycles. The summed E-state index contributed by atoms with van der Waals surface area (Å²) in [5.41, 5.74) is 8.26. The highest BCUT2D eigenvalue weighted by Crippen LogP contribution is 2.20. The SMILES string of the molecule is Cc1ccccc1CC(=O)N1CCC(C(C)N)CC1. The molecule has 1 aromatic rings. The van der Waals surface area contributed by atoms with Gasteiger partial charge in [-0.15, -0.1) is 0 Å². The second-order valence-electron chi connectivity index (χ2n) is 5.68. The van der Waals surface area contributed by atoms with Crippen molar-refractivity contribution in [2.75, 3.05) is 13.1 Å². The van der Waals surface area contributed by atoms with Gasteiger partial charge in [0, 0.05) is 19.1 Å². The molecule has 0 saturated carbocycles. The zero-order valence-corrected chi connectivity index (χ0v) is 11.9. The molecule has 1 fully saturated rings. The first-order valence-corrected chi connectivity index (χ1v) is 7.16. The summed E-state index contributed by atoms with van der Waals surface area (Å²) >= 11 is 0. The summed E-state index contributed by atoms with van der Waals surface area (Å²) in [6, 6.07) is 8.36. The molecule has 19 heavy (non-hydrogen) atoms. The molecule has 1 aliphatic heterocycles. The molecule has 3 nitrogen and oxygen atoms in total. The van der Waals surface area contributed by atoms with Gasteiger partial charge in [-0.2, -0.15) is 0 Å². The van der Waals surface area contributed by atoms with Gasteiger partial charge in [0.25, 0.3) is 0 Å². The third-order valence-electron chi connectivity index (χ3n) is 4.24. The van der Waals surface area contributed by atoms with Crippen LogP contribution in [0.3, 0.4) is 0 Å². The van der Waals surface area contributed by atoms with Crippen LogP contribution in [0.2, 0.25) is 0 Å². The van der Waals surface area contributed by atoms with E-state index in [1.54, 1.807) is 0 Å². The number of benzene rings is 1. The number of carbonyl (C=O) groups excluding carboxylic acids is 1. The van der Waals surface area contributed by atoms with Crippen molar-refractivity contribution in [1.29, 1.82) is 0 Å². The number of carbonyl (C=O) groups is 1. The molecule has 0 radical (unpaired) electrons. The van der Waals surface area contributed by atoms with Crippen LogP contribution in [0.25, 0.3) is 0 Å². The van der Waals surface area contributed by atoms with E-state index in [1.165, 1.54) is 5.56 Å². The Morgan fingerprint density at radius 1 is 1.37 bits per heavy atom. The van der Waals surface area contributed by atoms with Crippen LogP contribution in [-0.4, -0.2) is 29.9 Å². The standard InChI is InChI=1S/C16H24N2O/c1-12-5-3-4-6-15(12)11-16(19)18-9-7-14(8-10-18)13(2)17/h3-6,13-14H,7-11,17H2,1-2H3. The van der Waals surface area contributed by atoms with Gasteiger partial charge in [-0.1, -0.05) is 24.3 Å². The first-order valence-electron chi connectivity index (χ1n) is 7.16. The fourth-order valence-electron chi connectivity index (χ4n) is 2.76. The molecule has 1 atom stereocenters. The Balaban J connectivity index is 1.90. The minimum Gasteiger partial charge on any atom is -0.342 e. The minimum atomic E-state index is 0.244. The van der Waals surface area contributed by atoms with Gasteiger partial charge in [-0.25, -0.2) is 0 Å². The third kappa shape index (κ3) is 3.57. The van der Waals surface area contributed by atoms with Crippen molar-refractivity contribution in [3.8, 4) is 0 Å². The van der Waals surface area contributed by atoms with E-state index in [9.17, 15) is 4.79 Å². The van der Waals surface area contributed by atoms with E-state index in [-0.39, 0.29) is 11.9 Å². The number of hydrogen-bond donors (Lipinski definition) is 1. The van der Waals surface area contributed by atoms with E-state index >= 15 is 0 Å². The number of nitrogens with zero attached hydrogens (tertiary/aromatic N) is 1. The molecular formula is C16H24N2O. The number of hydrogen-bond acceptors (Lipinski definition) is 2. The van der Waals surface area contributed by atoms with E-state index in [4.69, 9.17) is 5.73 Å². The maximum Gasteiger partial charge on any atom is 0.226 e. The second kappa shape index (κ2) is 6.20. The molecule has 1 saturated heterocycles. The van der Waals surface area contributed by atoms with Gasteiger partial charge < -0.3 is 10.6 Å². The lowest BCUT2D eigenvalue weighted by Crippen LogP contribution is -2.43. The lowest BCUT2D eigenvalue weighted by molar-refractivity contribution is -0.131. The number of amides is 1. The van der Waals surface area contributed by atoms with Crippen LogP contribution in [0.4, 0.5) is 0 Å². The van der Waals surface area contributed by atoms with E-state index in [0.717, 1.165) is 31.5 Å². The monoisotopic (exact) mass is 260 g/mol. The molecule has 2 rings (SSSR count). The molecule has 1 heterocycles. The quantitative estimate of drug-likeness (QED) is 0.905. The lowest BCUT2D eigenvalue weighted by Gasteiger charge is -2.33. The maximum absolute atomic E-state index is 12.3. The van der Waals surface area contributed by atoms with Gasteiger partial charge in [0.15, 0.2) is 0 Å². The van der Waals surface area contributed by atoms with Gasteiger partial charge in [0.2, 0.25) is 5.91 Å². The molecule has 1 amide bonds. The Bertz CT molecular complexity index is 434. The zero-order valence-electron chi connectivity index (χ0n) is 11.9. The van der Waals surface area contributed by atoms with Gasteiger partial charge in [-0.05, 0) is 43.7 Å². The van der Waals surface area contributed by atoms with Crippen LogP contribution in [0.15, 0.2) is 24.3 Å². The predicted octanol–water partition coefficient (Wildman–Crippen LogP) is 2.12. The van der Waals surface area contributed by atoms with Crippen molar-refractivity contribution < 1.29 is 4.79 Å². The number of rotatable bonds is 3. The minimum absolute atomic E-state index is 0.244. The average molecular weight is 260 g/mol. The molecule has 1 unspecified atom stereocenters. The van der Waals surface area contributed by atoms with Gasteiger partial charge in [-0.3, -0.25) is 4.79 Å². The van der Waals surface area contributed by atoms with E-state index < -0.39 is 0 Å². The van der Waals surface area contributed by atoms with E-state index in [2.05, 4.69) is 19.9 Å². The Morgan fingerprint density at radius 3 is 2.58 bits per heavy atom. The van der Waals surface area contributed by atoms with Gasteiger partial charge in [0.1, 0.15) is 0 Å². The van der Waals surface area contributed by atoms with Crippen molar-refractivity contribution in [1.82, 2.24) is 4.90 Å². The van der Waals surface area contributed by atoms with Crippen molar-refractivity contribution in [3.63, 3.8) is 0 Å². The Hall–Kier alpha value is -1.35. The van der Waals surface area contributed by atoms with Crippen LogP contribution in [0.5, 0.6) is 0 Å². The molecule has 0 bridgehead atoms. The summed E-state index contributed by atoms with van der Waals surface area (Å²) < 4.78 is 0. The van der Waals surface area contributed by atoms with Gasteiger partial charge in [0.05, 0.1) is 6.42 Å². The molecular weight excluding hydrogens is 236 g/mol. The summed E-state index contributed by atoms with van der Waals surface area (Å²) in [7, 11) is 0. The zero-order chi connectivity index (χ0) is 13.8. The van der Waals surface area contributed by atoms with Gasteiger partial charge >= 0.3 is 0 Å². The summed E-state index contributed by atoms with van der Waals surface area (Å²) in [5, 5.41) is 0. The van der Waals surface area contributed by atoms with Crippen LogP contribution >= 0.6 is 0 Å². The van der Waals surface area contributed by atoms with Crippen LogP contribution in [0.1, 0.15) is 30.9 Å². The van der Waals surface area contributed by atoms with Crippen molar-refractivity contribution >= 4 is 5.91 Å². The first kappa shape index (κ1) is 14.1. The largest absolute Gasteiger partial charge is 0.342 e. The molecule has 1 aromatic carbocycles. The highest BCUT2D eigenvalue weighted by molar-refractivity contribution is 5.79. The molecule has 104 valence electrons. The number of piperidine rings is 1.